The highest BCUT2D eigenvalue weighted by Crippen LogP contribution is 2.25. The van der Waals surface area contributed by atoms with Gasteiger partial charge >= 0.3 is 0 Å². The van der Waals surface area contributed by atoms with E-state index in [1.165, 1.54) is 12.8 Å². The van der Waals surface area contributed by atoms with Gasteiger partial charge in [-0.3, -0.25) is 4.79 Å². The van der Waals surface area contributed by atoms with E-state index < -0.39 is 0 Å². The molecule has 2 nitrogen and oxygen atoms in total. The molecule has 0 saturated heterocycles. The third-order valence-electron chi connectivity index (χ3n) is 3.57. The van der Waals surface area contributed by atoms with E-state index in [4.69, 9.17) is 11.6 Å². The van der Waals surface area contributed by atoms with Gasteiger partial charge in [0.1, 0.15) is 0 Å². The lowest BCUT2D eigenvalue weighted by molar-refractivity contribution is 0.708. The number of H-pyrrole nitrogens is 1. The van der Waals surface area contributed by atoms with E-state index in [1.54, 1.807) is 6.07 Å². The first-order valence-corrected chi connectivity index (χ1v) is 7.65. The molecule has 0 aliphatic heterocycles. The summed E-state index contributed by atoms with van der Waals surface area (Å²) in [4.78, 5) is 16.0. The second-order valence-electron chi connectivity index (χ2n) is 4.78. The summed E-state index contributed by atoms with van der Waals surface area (Å²) < 4.78 is 1.01. The highest BCUT2D eigenvalue weighted by Gasteiger charge is 2.16. The Morgan fingerprint density at radius 3 is 2.78 bits per heavy atom. The van der Waals surface area contributed by atoms with Gasteiger partial charge < -0.3 is 4.98 Å². The molecular weight excluding hydrogens is 361 g/mol. The number of halogens is 2. The van der Waals surface area contributed by atoms with Crippen LogP contribution in [0, 0.1) is 3.57 Å². The van der Waals surface area contributed by atoms with Crippen molar-refractivity contribution in [2.24, 2.45) is 0 Å². The van der Waals surface area contributed by atoms with Crippen molar-refractivity contribution < 1.29 is 0 Å². The molecule has 1 heterocycles. The van der Waals surface area contributed by atoms with Gasteiger partial charge in [0.15, 0.2) is 5.43 Å². The molecule has 3 rings (SSSR count). The van der Waals surface area contributed by atoms with E-state index in [0.29, 0.717) is 5.02 Å². The summed E-state index contributed by atoms with van der Waals surface area (Å²) in [5, 5.41) is 1.36. The van der Waals surface area contributed by atoms with E-state index in [0.717, 1.165) is 45.0 Å². The van der Waals surface area contributed by atoms with Gasteiger partial charge in [-0.2, -0.15) is 0 Å². The van der Waals surface area contributed by atoms with Crippen LogP contribution in [0.1, 0.15) is 30.5 Å². The van der Waals surface area contributed by atoms with Crippen molar-refractivity contribution in [3.05, 3.63) is 42.2 Å². The van der Waals surface area contributed by atoms with Crippen LogP contribution in [0.5, 0.6) is 0 Å². The third-order valence-corrected chi connectivity index (χ3v) is 4.64. The van der Waals surface area contributed by atoms with Crippen molar-refractivity contribution in [2.45, 2.75) is 32.1 Å². The minimum absolute atomic E-state index is 0.168. The number of fused-ring (bicyclic) bond motifs is 2. The number of rotatable bonds is 0. The van der Waals surface area contributed by atoms with Gasteiger partial charge in [0.05, 0.1) is 5.52 Å². The van der Waals surface area contributed by atoms with E-state index in [1.807, 2.05) is 6.07 Å². The maximum Gasteiger partial charge on any atom is 0.192 e. The van der Waals surface area contributed by atoms with Crippen molar-refractivity contribution in [1.82, 2.24) is 4.98 Å². The molecule has 0 fully saturated rings. The molecular formula is C14H13ClINO. The van der Waals surface area contributed by atoms with Crippen LogP contribution in [0.25, 0.3) is 10.9 Å². The van der Waals surface area contributed by atoms with Crippen molar-refractivity contribution >= 4 is 45.1 Å². The van der Waals surface area contributed by atoms with E-state index in [-0.39, 0.29) is 5.43 Å². The molecule has 4 heteroatoms. The number of aryl methyl sites for hydroxylation is 1. The Morgan fingerprint density at radius 2 is 1.94 bits per heavy atom. The Labute approximate surface area is 124 Å². The Hall–Kier alpha value is -0.550. The molecule has 0 atom stereocenters. The van der Waals surface area contributed by atoms with Crippen molar-refractivity contribution in [1.29, 1.82) is 0 Å². The quantitative estimate of drug-likeness (QED) is 0.548. The number of aromatic amines is 1. The maximum absolute atomic E-state index is 12.5. The lowest BCUT2D eigenvalue weighted by Gasteiger charge is -2.09. The second-order valence-corrected chi connectivity index (χ2v) is 6.38. The van der Waals surface area contributed by atoms with Gasteiger partial charge in [0, 0.05) is 25.2 Å². The van der Waals surface area contributed by atoms with Crippen LogP contribution in [0.15, 0.2) is 16.9 Å². The van der Waals surface area contributed by atoms with Crippen molar-refractivity contribution in [3.63, 3.8) is 0 Å². The first-order chi connectivity index (χ1) is 8.66. The molecule has 0 saturated carbocycles. The summed E-state index contributed by atoms with van der Waals surface area (Å²) in [5.41, 5.74) is 3.20. The molecule has 1 aliphatic rings. The number of aromatic nitrogens is 1. The van der Waals surface area contributed by atoms with Crippen LogP contribution < -0.4 is 5.43 Å². The first kappa shape index (κ1) is 12.5. The lowest BCUT2D eigenvalue weighted by Crippen LogP contribution is -2.14. The van der Waals surface area contributed by atoms with Crippen LogP contribution in [0.2, 0.25) is 5.02 Å². The van der Waals surface area contributed by atoms with E-state index in [2.05, 4.69) is 27.6 Å². The summed E-state index contributed by atoms with van der Waals surface area (Å²) in [6.45, 7) is 0. The fraction of sp³-hybridized carbons (Fsp3) is 0.357. The number of nitrogens with one attached hydrogen (secondary N) is 1. The Kier molecular flexibility index (Phi) is 3.36. The molecule has 0 unspecified atom stereocenters. The van der Waals surface area contributed by atoms with Crippen LogP contribution in [-0.2, 0) is 12.8 Å². The zero-order valence-electron chi connectivity index (χ0n) is 9.85. The normalized spacial score (nSPS) is 15.4. The molecule has 18 heavy (non-hydrogen) atoms. The van der Waals surface area contributed by atoms with Crippen molar-refractivity contribution in [2.75, 3.05) is 0 Å². The Morgan fingerprint density at radius 1 is 1.17 bits per heavy atom. The molecule has 1 aromatic carbocycles. The molecule has 0 amide bonds. The van der Waals surface area contributed by atoms with E-state index >= 15 is 0 Å². The summed E-state index contributed by atoms with van der Waals surface area (Å²) in [7, 11) is 0. The van der Waals surface area contributed by atoms with Gasteiger partial charge in [0.2, 0.25) is 0 Å². The molecule has 0 radical (unpaired) electrons. The molecule has 0 bridgehead atoms. The summed E-state index contributed by atoms with van der Waals surface area (Å²) in [6.07, 6.45) is 5.36. The zero-order valence-corrected chi connectivity index (χ0v) is 12.8. The van der Waals surface area contributed by atoms with Crippen LogP contribution >= 0.6 is 34.2 Å². The van der Waals surface area contributed by atoms with Crippen LogP contribution in [-0.4, -0.2) is 4.98 Å². The minimum atomic E-state index is 0.168. The summed E-state index contributed by atoms with van der Waals surface area (Å²) in [6, 6.07) is 3.67. The Balaban J connectivity index is 2.38. The van der Waals surface area contributed by atoms with Gasteiger partial charge in [-0.15, -0.1) is 0 Å². The highest BCUT2D eigenvalue weighted by atomic mass is 127. The molecule has 1 N–H and O–H groups in total. The average Bonchev–Trinajstić information content (AvgIpc) is 2.56. The number of pyridine rings is 1. The predicted octanol–water partition coefficient (Wildman–Crippen LogP) is 4.06. The van der Waals surface area contributed by atoms with Crippen LogP contribution in [0.4, 0.5) is 0 Å². The molecule has 2 aromatic rings. The lowest BCUT2D eigenvalue weighted by atomic mass is 10.0. The number of hydrogen-bond acceptors (Lipinski definition) is 1. The van der Waals surface area contributed by atoms with Crippen molar-refractivity contribution in [3.8, 4) is 0 Å². The topological polar surface area (TPSA) is 32.9 Å². The van der Waals surface area contributed by atoms with Gasteiger partial charge in [0.25, 0.3) is 0 Å². The molecule has 1 aromatic heterocycles. The highest BCUT2D eigenvalue weighted by molar-refractivity contribution is 14.1. The predicted molar refractivity (Wildman–Crippen MR) is 83.6 cm³/mol. The Bertz CT molecular complexity index is 678. The van der Waals surface area contributed by atoms with Gasteiger partial charge in [-0.25, -0.2) is 0 Å². The fourth-order valence-electron chi connectivity index (χ4n) is 2.66. The fourth-order valence-corrected chi connectivity index (χ4v) is 3.83. The number of benzene rings is 1. The largest absolute Gasteiger partial charge is 0.357 e. The smallest absolute Gasteiger partial charge is 0.192 e. The van der Waals surface area contributed by atoms with E-state index in [9.17, 15) is 4.79 Å². The third kappa shape index (κ3) is 2.07. The summed E-state index contributed by atoms with van der Waals surface area (Å²) in [5.74, 6) is 0. The zero-order chi connectivity index (χ0) is 12.7. The van der Waals surface area contributed by atoms with Gasteiger partial charge in [-0.1, -0.05) is 18.0 Å². The minimum Gasteiger partial charge on any atom is -0.357 e. The first-order valence-electron chi connectivity index (χ1n) is 6.19. The number of hydrogen-bond donors (Lipinski definition) is 1. The standard InChI is InChI=1S/C14H13ClINO/c15-8-6-10-13(11(16)7-8)17-12-5-3-1-2-4-9(12)14(10)18/h6-7H,1-5H2,(H,17,18). The van der Waals surface area contributed by atoms with Gasteiger partial charge in [-0.05, 0) is 60.4 Å². The maximum atomic E-state index is 12.5. The molecule has 0 spiro atoms. The van der Waals surface area contributed by atoms with Crippen LogP contribution in [0.3, 0.4) is 0 Å². The molecule has 1 aliphatic carbocycles. The molecule has 94 valence electrons. The average molecular weight is 374 g/mol. The monoisotopic (exact) mass is 373 g/mol. The summed E-state index contributed by atoms with van der Waals surface area (Å²) >= 11 is 8.28. The second kappa shape index (κ2) is 4.85. The SMILES string of the molecule is O=c1c2c([nH]c3c(I)cc(Cl)cc13)CCCCC2.